The van der Waals surface area contributed by atoms with Crippen molar-refractivity contribution in [2.24, 2.45) is 5.92 Å². The summed E-state index contributed by atoms with van der Waals surface area (Å²) in [5, 5.41) is 2.75. The Kier molecular flexibility index (Phi) is 5.95. The maximum atomic E-state index is 13.3. The van der Waals surface area contributed by atoms with Crippen molar-refractivity contribution < 1.29 is 13.2 Å². The quantitative estimate of drug-likeness (QED) is 0.746. The molecule has 1 aromatic rings. The minimum absolute atomic E-state index is 0.219. The van der Waals surface area contributed by atoms with Crippen LogP contribution in [0.2, 0.25) is 0 Å². The van der Waals surface area contributed by atoms with Crippen LogP contribution >= 0.6 is 0 Å². The van der Waals surface area contributed by atoms with Gasteiger partial charge in [-0.25, -0.2) is 8.78 Å². The van der Waals surface area contributed by atoms with Crippen molar-refractivity contribution in [2.45, 2.75) is 39.5 Å². The Balaban J connectivity index is 2.59. The molecule has 0 saturated carbocycles. The van der Waals surface area contributed by atoms with Gasteiger partial charge < -0.3 is 5.32 Å². The lowest BCUT2D eigenvalue weighted by atomic mass is 9.99. The molecule has 0 fully saturated rings. The van der Waals surface area contributed by atoms with Gasteiger partial charge in [-0.15, -0.1) is 0 Å². The van der Waals surface area contributed by atoms with Gasteiger partial charge in [-0.05, 0) is 12.3 Å². The number of hydrogen-bond donors (Lipinski definition) is 1. The average molecular weight is 260 g/mol. The molecule has 0 bridgehead atoms. The normalized spacial score (nSPS) is 12.5. The van der Waals surface area contributed by atoms with E-state index in [9.17, 15) is 13.2 Å². The highest BCUT2D eigenvalue weighted by Gasteiger charge is 2.13. The second-order valence-electron chi connectivity index (χ2n) is 4.39. The van der Waals surface area contributed by atoms with Crippen molar-refractivity contribution in [1.82, 2.24) is 4.98 Å². The molecule has 0 spiro atoms. The van der Waals surface area contributed by atoms with Gasteiger partial charge in [-0.3, -0.25) is 0 Å². The number of halogens is 3. The van der Waals surface area contributed by atoms with Crippen molar-refractivity contribution in [3.8, 4) is 0 Å². The van der Waals surface area contributed by atoms with Crippen LogP contribution in [0.15, 0.2) is 6.07 Å². The summed E-state index contributed by atoms with van der Waals surface area (Å²) in [5.41, 5.74) is 0. The van der Waals surface area contributed by atoms with Crippen LogP contribution in [-0.4, -0.2) is 11.5 Å². The van der Waals surface area contributed by atoms with Crippen LogP contribution < -0.4 is 5.32 Å². The Morgan fingerprint density at radius 2 is 1.94 bits per heavy atom. The van der Waals surface area contributed by atoms with E-state index in [1.54, 1.807) is 0 Å². The first-order valence-corrected chi connectivity index (χ1v) is 6.33. The van der Waals surface area contributed by atoms with Gasteiger partial charge in [0.05, 0.1) is 0 Å². The molecule has 1 N–H and O–H groups in total. The fraction of sp³-hybridized carbons (Fsp3) is 0.615. The summed E-state index contributed by atoms with van der Waals surface area (Å²) in [6, 6.07) is 0.512. The van der Waals surface area contributed by atoms with Crippen molar-refractivity contribution in [1.29, 1.82) is 0 Å². The highest BCUT2D eigenvalue weighted by atomic mass is 19.2. The monoisotopic (exact) mass is 260 g/mol. The van der Waals surface area contributed by atoms with Crippen LogP contribution in [0.25, 0.3) is 0 Å². The number of pyridine rings is 1. The summed E-state index contributed by atoms with van der Waals surface area (Å²) in [4.78, 5) is 3.23. The molecular weight excluding hydrogens is 241 g/mol. The van der Waals surface area contributed by atoms with Gasteiger partial charge in [0, 0.05) is 12.6 Å². The van der Waals surface area contributed by atoms with Gasteiger partial charge in [0.1, 0.15) is 0 Å². The molecule has 102 valence electrons. The molecule has 0 radical (unpaired) electrons. The fourth-order valence-corrected chi connectivity index (χ4v) is 1.75. The van der Waals surface area contributed by atoms with E-state index in [1.807, 2.05) is 0 Å². The molecule has 0 aliphatic rings. The minimum atomic E-state index is -1.28. The second kappa shape index (κ2) is 7.24. The highest BCUT2D eigenvalue weighted by Crippen LogP contribution is 2.17. The summed E-state index contributed by atoms with van der Waals surface area (Å²) in [6.07, 6.45) is 4.20. The summed E-state index contributed by atoms with van der Waals surface area (Å²) in [6.45, 7) is 4.68. The standard InChI is InChI=1S/C13H19F3N2/c1-3-5-6-9(4-2)8-17-13-11(15)7-10(14)12(16)18-13/h7,9H,3-6,8H2,1-2H3,(H,17,18). The molecule has 1 atom stereocenters. The Bertz CT molecular complexity index is 383. The van der Waals surface area contributed by atoms with Crippen molar-refractivity contribution in [3.05, 3.63) is 23.6 Å². The van der Waals surface area contributed by atoms with Gasteiger partial charge in [0.15, 0.2) is 17.5 Å². The molecule has 1 heterocycles. The molecule has 1 aromatic heterocycles. The molecule has 18 heavy (non-hydrogen) atoms. The second-order valence-corrected chi connectivity index (χ2v) is 4.39. The largest absolute Gasteiger partial charge is 0.367 e. The SMILES string of the molecule is CCCCC(CC)CNc1nc(F)c(F)cc1F. The summed E-state index contributed by atoms with van der Waals surface area (Å²) < 4.78 is 38.9. The number of hydrogen-bond acceptors (Lipinski definition) is 2. The predicted molar refractivity (Wildman–Crippen MR) is 65.9 cm³/mol. The van der Waals surface area contributed by atoms with E-state index in [4.69, 9.17) is 0 Å². The van der Waals surface area contributed by atoms with Crippen LogP contribution in [-0.2, 0) is 0 Å². The third kappa shape index (κ3) is 4.20. The molecular formula is C13H19F3N2. The summed E-state index contributed by atoms with van der Waals surface area (Å²) >= 11 is 0. The lowest BCUT2D eigenvalue weighted by molar-refractivity contribution is 0.457. The predicted octanol–water partition coefficient (Wildman–Crippen LogP) is 4.13. The summed E-state index contributed by atoms with van der Waals surface area (Å²) in [7, 11) is 0. The summed E-state index contributed by atoms with van der Waals surface area (Å²) in [5.74, 6) is -3.24. The van der Waals surface area contributed by atoms with E-state index in [0.29, 0.717) is 18.5 Å². The zero-order chi connectivity index (χ0) is 13.5. The zero-order valence-electron chi connectivity index (χ0n) is 10.8. The van der Waals surface area contributed by atoms with E-state index >= 15 is 0 Å². The maximum Gasteiger partial charge on any atom is 0.251 e. The van der Waals surface area contributed by atoms with E-state index in [1.165, 1.54) is 0 Å². The minimum Gasteiger partial charge on any atom is -0.367 e. The van der Waals surface area contributed by atoms with Crippen LogP contribution in [0.5, 0.6) is 0 Å². The van der Waals surface area contributed by atoms with Gasteiger partial charge >= 0.3 is 0 Å². The fourth-order valence-electron chi connectivity index (χ4n) is 1.75. The number of unbranched alkanes of at least 4 members (excludes halogenated alkanes) is 1. The Morgan fingerprint density at radius 3 is 2.56 bits per heavy atom. The third-order valence-electron chi connectivity index (χ3n) is 2.99. The average Bonchev–Trinajstić information content (AvgIpc) is 2.35. The number of nitrogens with zero attached hydrogens (tertiary/aromatic N) is 1. The molecule has 5 heteroatoms. The molecule has 0 amide bonds. The number of anilines is 1. The lowest BCUT2D eigenvalue weighted by Gasteiger charge is -2.15. The number of aromatic nitrogens is 1. The van der Waals surface area contributed by atoms with Crippen molar-refractivity contribution in [3.63, 3.8) is 0 Å². The first-order chi connectivity index (χ1) is 8.58. The van der Waals surface area contributed by atoms with E-state index in [-0.39, 0.29) is 5.82 Å². The molecule has 0 saturated heterocycles. The number of rotatable bonds is 7. The highest BCUT2D eigenvalue weighted by molar-refractivity contribution is 5.36. The van der Waals surface area contributed by atoms with Gasteiger partial charge in [0.2, 0.25) is 0 Å². The van der Waals surface area contributed by atoms with Crippen LogP contribution in [0.4, 0.5) is 19.0 Å². The Morgan fingerprint density at radius 1 is 1.22 bits per heavy atom. The maximum absolute atomic E-state index is 13.3. The van der Waals surface area contributed by atoms with E-state index in [0.717, 1.165) is 25.7 Å². The van der Waals surface area contributed by atoms with Crippen molar-refractivity contribution >= 4 is 5.82 Å². The van der Waals surface area contributed by atoms with Gasteiger partial charge in [-0.1, -0.05) is 33.1 Å². The first kappa shape index (κ1) is 14.8. The van der Waals surface area contributed by atoms with Crippen LogP contribution in [0.3, 0.4) is 0 Å². The topological polar surface area (TPSA) is 24.9 Å². The third-order valence-corrected chi connectivity index (χ3v) is 2.99. The van der Waals surface area contributed by atoms with Crippen LogP contribution in [0, 0.1) is 23.5 Å². The van der Waals surface area contributed by atoms with Gasteiger partial charge in [-0.2, -0.15) is 9.37 Å². The Hall–Kier alpha value is -1.26. The molecule has 0 aromatic carbocycles. The Labute approximate surface area is 106 Å². The zero-order valence-corrected chi connectivity index (χ0v) is 10.8. The van der Waals surface area contributed by atoms with Crippen molar-refractivity contribution in [2.75, 3.05) is 11.9 Å². The molecule has 0 aliphatic heterocycles. The molecule has 1 rings (SSSR count). The molecule has 0 aliphatic carbocycles. The van der Waals surface area contributed by atoms with E-state index < -0.39 is 17.6 Å². The van der Waals surface area contributed by atoms with E-state index in [2.05, 4.69) is 24.1 Å². The molecule has 2 nitrogen and oxygen atoms in total. The van der Waals surface area contributed by atoms with Gasteiger partial charge in [0.25, 0.3) is 5.95 Å². The van der Waals surface area contributed by atoms with Crippen LogP contribution in [0.1, 0.15) is 39.5 Å². The molecule has 1 unspecified atom stereocenters. The lowest BCUT2D eigenvalue weighted by Crippen LogP contribution is -2.16. The smallest absolute Gasteiger partial charge is 0.251 e. The first-order valence-electron chi connectivity index (χ1n) is 6.33. The number of nitrogens with one attached hydrogen (secondary N) is 1.